The molecule has 2 heterocycles. The van der Waals surface area contributed by atoms with Gasteiger partial charge in [0, 0.05) is 25.5 Å². The fraction of sp³-hybridized carbons (Fsp3) is 0.357. The summed E-state index contributed by atoms with van der Waals surface area (Å²) in [6.45, 7) is 4.15. The van der Waals surface area contributed by atoms with Gasteiger partial charge >= 0.3 is 0 Å². The van der Waals surface area contributed by atoms with Gasteiger partial charge in [0.1, 0.15) is 5.82 Å². The maximum atomic E-state index is 11.9. The first-order chi connectivity index (χ1) is 9.06. The van der Waals surface area contributed by atoms with Gasteiger partial charge in [-0.3, -0.25) is 14.5 Å². The lowest BCUT2D eigenvalue weighted by atomic mass is 10.1. The average molecular weight is 258 g/mol. The molecule has 0 aromatic carbocycles. The molecule has 0 bridgehead atoms. The number of hydrogen-bond donors (Lipinski definition) is 1. The highest BCUT2D eigenvalue weighted by Gasteiger charge is 2.11. The van der Waals surface area contributed by atoms with Gasteiger partial charge in [-0.15, -0.1) is 0 Å². The summed E-state index contributed by atoms with van der Waals surface area (Å²) in [5.74, 6) is 0.999. The number of aromatic nitrogens is 3. The van der Waals surface area contributed by atoms with Crippen LogP contribution in [0.1, 0.15) is 31.0 Å². The predicted octanol–water partition coefficient (Wildman–Crippen LogP) is 2.12. The van der Waals surface area contributed by atoms with Crippen molar-refractivity contribution >= 4 is 11.7 Å². The summed E-state index contributed by atoms with van der Waals surface area (Å²) in [5.41, 5.74) is 1.87. The summed E-state index contributed by atoms with van der Waals surface area (Å²) in [6.07, 6.45) is 3.70. The van der Waals surface area contributed by atoms with Gasteiger partial charge in [-0.25, -0.2) is 0 Å². The van der Waals surface area contributed by atoms with E-state index in [0.29, 0.717) is 12.3 Å². The number of amides is 1. The topological polar surface area (TPSA) is 59.8 Å². The third kappa shape index (κ3) is 3.40. The predicted molar refractivity (Wildman–Crippen MR) is 73.9 cm³/mol. The molecule has 19 heavy (non-hydrogen) atoms. The summed E-state index contributed by atoms with van der Waals surface area (Å²) in [5, 5.41) is 7.23. The standard InChI is InChI=1S/C14H18N4O/c1-10(2)12-8-13(18(3)17-12)16-14(19)7-11-5-4-6-15-9-11/h4-6,8-10H,7H2,1-3H3,(H,16,19). The number of hydrogen-bond acceptors (Lipinski definition) is 3. The lowest BCUT2D eigenvalue weighted by molar-refractivity contribution is -0.115. The second-order valence-corrected chi connectivity index (χ2v) is 4.82. The maximum Gasteiger partial charge on any atom is 0.229 e. The van der Waals surface area contributed by atoms with E-state index in [-0.39, 0.29) is 5.91 Å². The molecule has 0 aliphatic rings. The molecule has 0 fully saturated rings. The van der Waals surface area contributed by atoms with Crippen LogP contribution in [0.2, 0.25) is 0 Å². The van der Waals surface area contributed by atoms with Crippen LogP contribution in [-0.4, -0.2) is 20.7 Å². The van der Waals surface area contributed by atoms with Crippen LogP contribution >= 0.6 is 0 Å². The van der Waals surface area contributed by atoms with E-state index in [9.17, 15) is 4.79 Å². The van der Waals surface area contributed by atoms with Crippen molar-refractivity contribution in [1.82, 2.24) is 14.8 Å². The molecule has 2 aromatic rings. The third-order valence-corrected chi connectivity index (χ3v) is 2.85. The van der Waals surface area contributed by atoms with E-state index in [0.717, 1.165) is 17.1 Å². The molecule has 0 saturated heterocycles. The highest BCUT2D eigenvalue weighted by Crippen LogP contribution is 2.17. The molecule has 5 nitrogen and oxygen atoms in total. The minimum absolute atomic E-state index is 0.0636. The zero-order valence-electron chi connectivity index (χ0n) is 11.4. The Labute approximate surface area is 112 Å². The van der Waals surface area contributed by atoms with Crippen LogP contribution in [0.5, 0.6) is 0 Å². The van der Waals surface area contributed by atoms with Crippen LogP contribution < -0.4 is 5.32 Å². The molecule has 0 saturated carbocycles. The lowest BCUT2D eigenvalue weighted by Crippen LogP contribution is -2.16. The zero-order chi connectivity index (χ0) is 13.8. The maximum absolute atomic E-state index is 11.9. The van der Waals surface area contributed by atoms with E-state index in [4.69, 9.17) is 0 Å². The van der Waals surface area contributed by atoms with Gasteiger partial charge in [0.2, 0.25) is 5.91 Å². The first-order valence-electron chi connectivity index (χ1n) is 6.29. The number of carbonyl (C=O) groups excluding carboxylic acids is 1. The third-order valence-electron chi connectivity index (χ3n) is 2.85. The molecule has 0 atom stereocenters. The number of pyridine rings is 1. The molecule has 0 aliphatic carbocycles. The molecule has 0 radical (unpaired) electrons. The Morgan fingerprint density at radius 2 is 2.26 bits per heavy atom. The van der Waals surface area contributed by atoms with Gasteiger partial charge < -0.3 is 5.32 Å². The number of rotatable bonds is 4. The molecule has 1 amide bonds. The smallest absolute Gasteiger partial charge is 0.229 e. The first-order valence-corrected chi connectivity index (χ1v) is 6.29. The monoisotopic (exact) mass is 258 g/mol. The molecule has 0 unspecified atom stereocenters. The van der Waals surface area contributed by atoms with Gasteiger partial charge in [0.15, 0.2) is 0 Å². The number of nitrogens with zero attached hydrogens (tertiary/aromatic N) is 3. The quantitative estimate of drug-likeness (QED) is 0.913. The molecule has 100 valence electrons. The van der Waals surface area contributed by atoms with Crippen LogP contribution in [-0.2, 0) is 18.3 Å². The Kier molecular flexibility index (Phi) is 3.94. The number of nitrogens with one attached hydrogen (secondary N) is 1. The van der Waals surface area contributed by atoms with Gasteiger partial charge in [-0.2, -0.15) is 5.10 Å². The van der Waals surface area contributed by atoms with Crippen molar-refractivity contribution in [3.63, 3.8) is 0 Å². The molecular formula is C14H18N4O. The second kappa shape index (κ2) is 5.65. The van der Waals surface area contributed by atoms with Crippen molar-refractivity contribution in [3.05, 3.63) is 41.9 Å². The summed E-state index contributed by atoms with van der Waals surface area (Å²) in [4.78, 5) is 15.9. The van der Waals surface area contributed by atoms with Crippen LogP contribution in [0.4, 0.5) is 5.82 Å². The van der Waals surface area contributed by atoms with E-state index in [1.165, 1.54) is 0 Å². The molecular weight excluding hydrogens is 240 g/mol. The number of aryl methyl sites for hydroxylation is 1. The normalized spacial score (nSPS) is 10.7. The van der Waals surface area contributed by atoms with Crippen molar-refractivity contribution in [2.45, 2.75) is 26.2 Å². The SMILES string of the molecule is CC(C)c1cc(NC(=O)Cc2cccnc2)n(C)n1. The van der Waals surface area contributed by atoms with Crippen LogP contribution in [0.15, 0.2) is 30.6 Å². The summed E-state index contributed by atoms with van der Waals surface area (Å²) in [7, 11) is 1.82. The molecule has 1 N–H and O–H groups in total. The Morgan fingerprint density at radius 3 is 2.84 bits per heavy atom. The number of carbonyl (C=O) groups is 1. The van der Waals surface area contributed by atoms with Crippen LogP contribution in [0.3, 0.4) is 0 Å². The lowest BCUT2D eigenvalue weighted by Gasteiger charge is -2.04. The minimum atomic E-state index is -0.0636. The van der Waals surface area contributed by atoms with Crippen molar-refractivity contribution in [1.29, 1.82) is 0 Å². The molecule has 0 aliphatic heterocycles. The summed E-state index contributed by atoms with van der Waals surface area (Å²) < 4.78 is 1.69. The minimum Gasteiger partial charge on any atom is -0.311 e. The zero-order valence-corrected chi connectivity index (χ0v) is 11.4. The fourth-order valence-electron chi connectivity index (χ4n) is 1.76. The largest absolute Gasteiger partial charge is 0.311 e. The van der Waals surface area contributed by atoms with E-state index in [2.05, 4.69) is 29.2 Å². The van der Waals surface area contributed by atoms with E-state index < -0.39 is 0 Å². The second-order valence-electron chi connectivity index (χ2n) is 4.82. The molecule has 2 aromatic heterocycles. The Bertz CT molecular complexity index is 560. The van der Waals surface area contributed by atoms with Crippen molar-refractivity contribution in [3.8, 4) is 0 Å². The Morgan fingerprint density at radius 1 is 1.47 bits per heavy atom. The van der Waals surface area contributed by atoms with Crippen molar-refractivity contribution in [2.24, 2.45) is 7.05 Å². The van der Waals surface area contributed by atoms with Gasteiger partial charge in [-0.05, 0) is 17.5 Å². The fourth-order valence-corrected chi connectivity index (χ4v) is 1.76. The van der Waals surface area contributed by atoms with E-state index >= 15 is 0 Å². The molecule has 2 rings (SSSR count). The number of anilines is 1. The van der Waals surface area contributed by atoms with Gasteiger partial charge in [0.05, 0.1) is 12.1 Å². The van der Waals surface area contributed by atoms with E-state index in [1.54, 1.807) is 17.1 Å². The summed E-state index contributed by atoms with van der Waals surface area (Å²) in [6, 6.07) is 5.62. The van der Waals surface area contributed by atoms with Crippen molar-refractivity contribution in [2.75, 3.05) is 5.32 Å². The first kappa shape index (κ1) is 13.3. The molecule has 0 spiro atoms. The van der Waals surface area contributed by atoms with Gasteiger partial charge in [-0.1, -0.05) is 19.9 Å². The summed E-state index contributed by atoms with van der Waals surface area (Å²) >= 11 is 0. The Balaban J connectivity index is 2.03. The van der Waals surface area contributed by atoms with E-state index in [1.807, 2.05) is 25.2 Å². The molecule has 5 heteroatoms. The van der Waals surface area contributed by atoms with Crippen LogP contribution in [0, 0.1) is 0 Å². The highest BCUT2D eigenvalue weighted by atomic mass is 16.1. The van der Waals surface area contributed by atoms with Crippen molar-refractivity contribution < 1.29 is 4.79 Å². The van der Waals surface area contributed by atoms with Crippen LogP contribution in [0.25, 0.3) is 0 Å². The average Bonchev–Trinajstić information content (AvgIpc) is 2.72. The highest BCUT2D eigenvalue weighted by molar-refractivity contribution is 5.91. The Hall–Kier alpha value is -2.17. The van der Waals surface area contributed by atoms with Gasteiger partial charge in [0.25, 0.3) is 0 Å².